The van der Waals surface area contributed by atoms with Gasteiger partial charge in [0.2, 0.25) is 5.91 Å². The van der Waals surface area contributed by atoms with E-state index in [4.69, 9.17) is 11.6 Å². The van der Waals surface area contributed by atoms with E-state index in [2.05, 4.69) is 37.9 Å². The Balaban J connectivity index is 2.63. The minimum atomic E-state index is -0.211. The monoisotopic (exact) mass is 310 g/mol. The van der Waals surface area contributed by atoms with Crippen LogP contribution in [-0.4, -0.2) is 37.0 Å². The van der Waals surface area contributed by atoms with Gasteiger partial charge in [0, 0.05) is 23.5 Å². The van der Waals surface area contributed by atoms with E-state index in [1.165, 1.54) is 0 Å². The average molecular weight is 311 g/mol. The highest BCUT2D eigenvalue weighted by atomic mass is 35.5. The summed E-state index contributed by atoms with van der Waals surface area (Å²) >= 11 is 5.91. The number of rotatable bonds is 6. The van der Waals surface area contributed by atoms with Crippen molar-refractivity contribution in [3.8, 4) is 0 Å². The maximum absolute atomic E-state index is 12.2. The van der Waals surface area contributed by atoms with Crippen LogP contribution in [0.2, 0.25) is 5.02 Å². The van der Waals surface area contributed by atoms with Crippen molar-refractivity contribution in [2.45, 2.75) is 45.1 Å². The molecule has 0 bridgehead atoms. The molecule has 3 nitrogen and oxygen atoms in total. The van der Waals surface area contributed by atoms with Gasteiger partial charge >= 0.3 is 0 Å². The average Bonchev–Trinajstić information content (AvgIpc) is 2.36. The summed E-state index contributed by atoms with van der Waals surface area (Å²) in [6.07, 6.45) is 0.456. The van der Waals surface area contributed by atoms with Crippen LogP contribution in [-0.2, 0) is 10.2 Å². The third kappa shape index (κ3) is 5.33. The predicted octanol–water partition coefficient (Wildman–Crippen LogP) is 3.46. The molecule has 0 heterocycles. The van der Waals surface area contributed by atoms with Crippen molar-refractivity contribution in [2.24, 2.45) is 0 Å². The number of hydrogen-bond acceptors (Lipinski definition) is 2. The van der Waals surface area contributed by atoms with Gasteiger partial charge in [-0.3, -0.25) is 4.79 Å². The van der Waals surface area contributed by atoms with Gasteiger partial charge in [-0.1, -0.05) is 37.6 Å². The first kappa shape index (κ1) is 18.0. The largest absolute Gasteiger partial charge is 0.354 e. The van der Waals surface area contributed by atoms with E-state index in [1.807, 2.05) is 38.4 Å². The van der Waals surface area contributed by atoms with Crippen LogP contribution in [0.4, 0.5) is 0 Å². The molecular weight excluding hydrogens is 284 g/mol. The maximum atomic E-state index is 12.2. The second kappa shape index (κ2) is 6.80. The summed E-state index contributed by atoms with van der Waals surface area (Å²) < 4.78 is 0. The lowest BCUT2D eigenvalue weighted by atomic mass is 9.81. The summed E-state index contributed by atoms with van der Waals surface area (Å²) in [7, 11) is 4.04. The lowest BCUT2D eigenvalue weighted by Gasteiger charge is -2.33. The first-order chi connectivity index (χ1) is 9.54. The zero-order valence-electron chi connectivity index (χ0n) is 14.0. The van der Waals surface area contributed by atoms with Crippen molar-refractivity contribution in [2.75, 3.05) is 20.6 Å². The number of likely N-dealkylation sites (N-methyl/N-ethyl adjacent to an activating group) is 1. The lowest BCUT2D eigenvalue weighted by Crippen LogP contribution is -2.48. The first-order valence-corrected chi connectivity index (χ1v) is 7.62. The van der Waals surface area contributed by atoms with Crippen molar-refractivity contribution in [1.82, 2.24) is 10.2 Å². The summed E-state index contributed by atoms with van der Waals surface area (Å²) in [6, 6.07) is 7.70. The maximum Gasteiger partial charge on any atom is 0.220 e. The van der Waals surface area contributed by atoms with E-state index in [9.17, 15) is 4.79 Å². The molecule has 1 rings (SSSR count). The molecule has 0 spiro atoms. The minimum Gasteiger partial charge on any atom is -0.354 e. The van der Waals surface area contributed by atoms with Gasteiger partial charge in [-0.2, -0.15) is 0 Å². The van der Waals surface area contributed by atoms with Gasteiger partial charge in [-0.05, 0) is 51.1 Å². The number of hydrogen-bond donors (Lipinski definition) is 1. The van der Waals surface area contributed by atoms with E-state index in [0.29, 0.717) is 18.0 Å². The normalized spacial score (nSPS) is 12.6. The molecular formula is C17H27ClN2O. The Hall–Kier alpha value is -1.06. The molecule has 21 heavy (non-hydrogen) atoms. The quantitative estimate of drug-likeness (QED) is 0.872. The fraction of sp³-hybridized carbons (Fsp3) is 0.588. The number of halogens is 1. The van der Waals surface area contributed by atoms with Crippen LogP contribution in [0.5, 0.6) is 0 Å². The molecule has 0 aromatic heterocycles. The zero-order chi connectivity index (χ0) is 16.3. The molecule has 1 N–H and O–H groups in total. The van der Waals surface area contributed by atoms with Crippen LogP contribution >= 0.6 is 11.6 Å². The molecule has 4 heteroatoms. The van der Waals surface area contributed by atoms with Crippen LogP contribution < -0.4 is 5.32 Å². The number of amides is 1. The fourth-order valence-corrected chi connectivity index (χ4v) is 2.07. The Bertz CT molecular complexity index is 478. The number of nitrogens with one attached hydrogen (secondary N) is 1. The Morgan fingerprint density at radius 3 is 2.14 bits per heavy atom. The van der Waals surface area contributed by atoms with E-state index in [1.54, 1.807) is 0 Å². The Kier molecular flexibility index (Phi) is 5.83. The molecule has 1 aromatic carbocycles. The highest BCUT2D eigenvalue weighted by molar-refractivity contribution is 6.30. The standard InChI is InChI=1S/C17H27ClN2O/c1-16(2,13-7-9-14(18)10-8-13)11-15(21)19-12-17(3,4)20(5)6/h7-10H,11-12H2,1-6H3,(H,19,21). The number of benzene rings is 1. The molecule has 0 aliphatic rings. The van der Waals surface area contributed by atoms with Crippen molar-refractivity contribution in [1.29, 1.82) is 0 Å². The van der Waals surface area contributed by atoms with E-state index < -0.39 is 0 Å². The van der Waals surface area contributed by atoms with Crippen LogP contribution in [0.3, 0.4) is 0 Å². The molecule has 1 amide bonds. The van der Waals surface area contributed by atoms with Gasteiger partial charge in [-0.15, -0.1) is 0 Å². The summed E-state index contributed by atoms with van der Waals surface area (Å²) in [5, 5.41) is 3.75. The van der Waals surface area contributed by atoms with Crippen molar-refractivity contribution in [3.63, 3.8) is 0 Å². The summed E-state index contributed by atoms with van der Waals surface area (Å²) in [4.78, 5) is 14.3. The van der Waals surface area contributed by atoms with Gasteiger partial charge in [0.05, 0.1) is 0 Å². The van der Waals surface area contributed by atoms with Gasteiger partial charge in [-0.25, -0.2) is 0 Å². The molecule has 0 atom stereocenters. The third-order valence-corrected chi connectivity index (χ3v) is 4.41. The Morgan fingerprint density at radius 1 is 1.14 bits per heavy atom. The molecule has 0 aliphatic carbocycles. The minimum absolute atomic E-state index is 0.0555. The molecule has 0 fully saturated rings. The second-order valence-electron chi connectivity index (χ2n) is 7.05. The Labute approximate surface area is 133 Å². The molecule has 0 aliphatic heterocycles. The van der Waals surface area contributed by atoms with Crippen LogP contribution in [0, 0.1) is 0 Å². The van der Waals surface area contributed by atoms with Gasteiger partial charge in [0.15, 0.2) is 0 Å². The topological polar surface area (TPSA) is 32.3 Å². The SMILES string of the molecule is CN(C)C(C)(C)CNC(=O)CC(C)(C)c1ccc(Cl)cc1. The molecule has 0 saturated heterocycles. The van der Waals surface area contributed by atoms with E-state index in [-0.39, 0.29) is 16.9 Å². The summed E-state index contributed by atoms with van der Waals surface area (Å²) in [6.45, 7) is 9.00. The van der Waals surface area contributed by atoms with Crippen molar-refractivity contribution < 1.29 is 4.79 Å². The highest BCUT2D eigenvalue weighted by Gasteiger charge is 2.26. The number of nitrogens with zero attached hydrogens (tertiary/aromatic N) is 1. The van der Waals surface area contributed by atoms with Crippen LogP contribution in [0.15, 0.2) is 24.3 Å². The third-order valence-electron chi connectivity index (χ3n) is 4.16. The Morgan fingerprint density at radius 2 is 1.67 bits per heavy atom. The number of carbonyl (C=O) groups is 1. The van der Waals surface area contributed by atoms with Gasteiger partial charge in [0.1, 0.15) is 0 Å². The zero-order valence-corrected chi connectivity index (χ0v) is 14.7. The lowest BCUT2D eigenvalue weighted by molar-refractivity contribution is -0.122. The molecule has 0 unspecified atom stereocenters. The molecule has 0 radical (unpaired) electrons. The molecule has 0 saturated carbocycles. The van der Waals surface area contributed by atoms with Crippen LogP contribution in [0.25, 0.3) is 0 Å². The summed E-state index contributed by atoms with van der Waals surface area (Å²) in [5.74, 6) is 0.0740. The van der Waals surface area contributed by atoms with Gasteiger partial charge < -0.3 is 10.2 Å². The van der Waals surface area contributed by atoms with E-state index >= 15 is 0 Å². The molecule has 1 aromatic rings. The second-order valence-corrected chi connectivity index (χ2v) is 7.49. The first-order valence-electron chi connectivity index (χ1n) is 7.25. The predicted molar refractivity (Wildman–Crippen MR) is 89.9 cm³/mol. The van der Waals surface area contributed by atoms with Gasteiger partial charge in [0.25, 0.3) is 0 Å². The van der Waals surface area contributed by atoms with Crippen molar-refractivity contribution in [3.05, 3.63) is 34.9 Å². The van der Waals surface area contributed by atoms with E-state index in [0.717, 1.165) is 5.56 Å². The number of carbonyl (C=O) groups excluding carboxylic acids is 1. The molecule has 118 valence electrons. The van der Waals surface area contributed by atoms with Crippen LogP contribution in [0.1, 0.15) is 39.7 Å². The van der Waals surface area contributed by atoms with Crippen molar-refractivity contribution >= 4 is 17.5 Å². The summed E-state index contributed by atoms with van der Waals surface area (Å²) in [5.41, 5.74) is 0.853. The smallest absolute Gasteiger partial charge is 0.220 e. The highest BCUT2D eigenvalue weighted by Crippen LogP contribution is 2.28. The fourth-order valence-electron chi connectivity index (χ4n) is 1.94.